The van der Waals surface area contributed by atoms with Gasteiger partial charge in [0, 0.05) is 23.2 Å². The summed E-state index contributed by atoms with van der Waals surface area (Å²) in [6.07, 6.45) is 0.519. The van der Waals surface area contributed by atoms with Gasteiger partial charge in [0.1, 0.15) is 5.82 Å². The molecule has 0 spiro atoms. The molecule has 0 aliphatic carbocycles. The molecule has 0 aliphatic heterocycles. The van der Waals surface area contributed by atoms with E-state index in [0.29, 0.717) is 23.2 Å². The summed E-state index contributed by atoms with van der Waals surface area (Å²) in [6, 6.07) is 6.35. The quantitative estimate of drug-likeness (QED) is 0.820. The lowest BCUT2D eigenvalue weighted by Crippen LogP contribution is -2.24. The van der Waals surface area contributed by atoms with Crippen LogP contribution in [0.4, 0.5) is 4.39 Å². The summed E-state index contributed by atoms with van der Waals surface area (Å²) in [4.78, 5) is 12.2. The number of thiophene rings is 1. The summed E-state index contributed by atoms with van der Waals surface area (Å²) < 4.78 is 14.2. The van der Waals surface area contributed by atoms with Crippen LogP contribution < -0.4 is 5.32 Å². The Kier molecular flexibility index (Phi) is 3.71. The molecule has 3 nitrogen and oxygen atoms in total. The van der Waals surface area contributed by atoms with Crippen molar-refractivity contribution in [1.82, 2.24) is 5.32 Å². The Morgan fingerprint density at radius 3 is 3.00 bits per heavy atom. The molecule has 0 unspecified atom stereocenters. The summed E-state index contributed by atoms with van der Waals surface area (Å²) >= 11 is 1.26. The van der Waals surface area contributed by atoms with Crippen LogP contribution in [0, 0.1) is 5.82 Å². The van der Waals surface area contributed by atoms with E-state index in [1.807, 2.05) is 0 Å². The third-order valence-corrected chi connectivity index (χ3v) is 3.45. The third-order valence-electron chi connectivity index (χ3n) is 2.35. The standard InChI is InChI=1S/C12H12FNO2S/c13-9-3-1-4-10-8(9)7-11(17-10)12(16)14-5-2-6-15/h1,3-4,7,15H,2,5-6H2,(H,14,16). The lowest BCUT2D eigenvalue weighted by atomic mass is 10.2. The van der Waals surface area contributed by atoms with E-state index in [2.05, 4.69) is 5.32 Å². The first-order chi connectivity index (χ1) is 8.22. The Balaban J connectivity index is 2.19. The van der Waals surface area contributed by atoms with Crippen LogP contribution in [0.15, 0.2) is 24.3 Å². The van der Waals surface area contributed by atoms with Gasteiger partial charge in [-0.1, -0.05) is 6.07 Å². The first-order valence-corrected chi connectivity index (χ1v) is 6.11. The number of halogens is 1. The monoisotopic (exact) mass is 253 g/mol. The Bertz CT molecular complexity index is 538. The van der Waals surface area contributed by atoms with Crippen molar-refractivity contribution in [3.63, 3.8) is 0 Å². The maximum absolute atomic E-state index is 13.4. The van der Waals surface area contributed by atoms with Crippen LogP contribution >= 0.6 is 11.3 Å². The molecule has 1 amide bonds. The molecule has 2 N–H and O–H groups in total. The fourth-order valence-electron chi connectivity index (χ4n) is 1.51. The van der Waals surface area contributed by atoms with Crippen LogP contribution in [-0.4, -0.2) is 24.2 Å². The molecule has 5 heteroatoms. The summed E-state index contributed by atoms with van der Waals surface area (Å²) in [5.41, 5.74) is 0. The maximum Gasteiger partial charge on any atom is 0.261 e. The lowest BCUT2D eigenvalue weighted by Gasteiger charge is -2.00. The zero-order valence-corrected chi connectivity index (χ0v) is 9.89. The normalized spacial score (nSPS) is 10.7. The van der Waals surface area contributed by atoms with Gasteiger partial charge in [-0.25, -0.2) is 4.39 Å². The number of aliphatic hydroxyl groups excluding tert-OH is 1. The summed E-state index contributed by atoms with van der Waals surface area (Å²) in [6.45, 7) is 0.466. The van der Waals surface area contributed by atoms with Gasteiger partial charge in [-0.15, -0.1) is 11.3 Å². The molecule has 1 aromatic carbocycles. The first kappa shape index (κ1) is 12.0. The van der Waals surface area contributed by atoms with Crippen molar-refractivity contribution in [2.24, 2.45) is 0 Å². The molecule has 0 fully saturated rings. The zero-order chi connectivity index (χ0) is 12.3. The number of carbonyl (C=O) groups is 1. The number of amides is 1. The molecule has 1 heterocycles. The minimum Gasteiger partial charge on any atom is -0.396 e. The van der Waals surface area contributed by atoms with E-state index in [4.69, 9.17) is 5.11 Å². The van der Waals surface area contributed by atoms with Gasteiger partial charge in [0.15, 0.2) is 0 Å². The molecule has 0 radical (unpaired) electrons. The smallest absolute Gasteiger partial charge is 0.261 e. The van der Waals surface area contributed by atoms with E-state index in [1.165, 1.54) is 17.4 Å². The van der Waals surface area contributed by atoms with E-state index >= 15 is 0 Å². The van der Waals surface area contributed by atoms with Gasteiger partial charge in [0.25, 0.3) is 5.91 Å². The van der Waals surface area contributed by atoms with Crippen molar-refractivity contribution in [2.75, 3.05) is 13.2 Å². The molecular weight excluding hydrogens is 241 g/mol. The molecule has 0 atom stereocenters. The molecule has 0 saturated heterocycles. The average Bonchev–Trinajstić information content (AvgIpc) is 2.75. The topological polar surface area (TPSA) is 49.3 Å². The van der Waals surface area contributed by atoms with Crippen molar-refractivity contribution >= 4 is 27.3 Å². The highest BCUT2D eigenvalue weighted by atomic mass is 32.1. The Morgan fingerprint density at radius 2 is 2.29 bits per heavy atom. The number of aliphatic hydroxyl groups is 1. The van der Waals surface area contributed by atoms with E-state index in [9.17, 15) is 9.18 Å². The van der Waals surface area contributed by atoms with Crippen LogP contribution in [-0.2, 0) is 0 Å². The van der Waals surface area contributed by atoms with Crippen LogP contribution in [0.25, 0.3) is 10.1 Å². The Hall–Kier alpha value is -1.46. The van der Waals surface area contributed by atoms with E-state index in [1.54, 1.807) is 18.2 Å². The minimum atomic E-state index is -0.312. The number of carbonyl (C=O) groups excluding carboxylic acids is 1. The van der Waals surface area contributed by atoms with Crippen LogP contribution in [0.3, 0.4) is 0 Å². The predicted octanol–water partition coefficient (Wildman–Crippen LogP) is 2.15. The number of nitrogens with one attached hydrogen (secondary N) is 1. The highest BCUT2D eigenvalue weighted by Crippen LogP contribution is 2.27. The second-order valence-electron chi connectivity index (χ2n) is 3.60. The van der Waals surface area contributed by atoms with Crippen molar-refractivity contribution < 1.29 is 14.3 Å². The third kappa shape index (κ3) is 2.62. The van der Waals surface area contributed by atoms with Gasteiger partial charge >= 0.3 is 0 Å². The minimum absolute atomic E-state index is 0.0430. The average molecular weight is 253 g/mol. The number of rotatable bonds is 4. The molecule has 2 aromatic rings. The van der Waals surface area contributed by atoms with Crippen molar-refractivity contribution in [3.8, 4) is 0 Å². The van der Waals surface area contributed by atoms with E-state index in [-0.39, 0.29) is 18.3 Å². The second kappa shape index (κ2) is 5.25. The first-order valence-electron chi connectivity index (χ1n) is 5.29. The molecular formula is C12H12FNO2S. The Labute approximate surface area is 102 Å². The molecule has 2 rings (SSSR count). The number of benzene rings is 1. The van der Waals surface area contributed by atoms with Crippen molar-refractivity contribution in [1.29, 1.82) is 0 Å². The van der Waals surface area contributed by atoms with Crippen LogP contribution in [0.1, 0.15) is 16.1 Å². The molecule has 0 bridgehead atoms. The van der Waals surface area contributed by atoms with Gasteiger partial charge in [0.2, 0.25) is 0 Å². The Morgan fingerprint density at radius 1 is 1.47 bits per heavy atom. The van der Waals surface area contributed by atoms with Gasteiger partial charge < -0.3 is 10.4 Å². The van der Waals surface area contributed by atoms with Gasteiger partial charge in [-0.2, -0.15) is 0 Å². The summed E-state index contributed by atoms with van der Waals surface area (Å²) in [5, 5.41) is 11.7. The largest absolute Gasteiger partial charge is 0.396 e. The zero-order valence-electron chi connectivity index (χ0n) is 9.07. The fourth-order valence-corrected chi connectivity index (χ4v) is 2.50. The fraction of sp³-hybridized carbons (Fsp3) is 0.250. The predicted molar refractivity (Wildman–Crippen MR) is 65.8 cm³/mol. The van der Waals surface area contributed by atoms with Crippen LogP contribution in [0.2, 0.25) is 0 Å². The number of fused-ring (bicyclic) bond motifs is 1. The molecule has 0 aliphatic rings. The van der Waals surface area contributed by atoms with Gasteiger partial charge in [-0.05, 0) is 24.6 Å². The lowest BCUT2D eigenvalue weighted by molar-refractivity contribution is 0.0955. The van der Waals surface area contributed by atoms with Crippen LogP contribution in [0.5, 0.6) is 0 Å². The molecule has 1 aromatic heterocycles. The second-order valence-corrected chi connectivity index (χ2v) is 4.68. The highest BCUT2D eigenvalue weighted by molar-refractivity contribution is 7.20. The van der Waals surface area contributed by atoms with Crippen molar-refractivity contribution in [2.45, 2.75) is 6.42 Å². The maximum atomic E-state index is 13.4. The van der Waals surface area contributed by atoms with Gasteiger partial charge in [0.05, 0.1) is 4.88 Å². The van der Waals surface area contributed by atoms with E-state index < -0.39 is 0 Å². The summed E-state index contributed by atoms with van der Waals surface area (Å²) in [5.74, 6) is -0.535. The molecule has 17 heavy (non-hydrogen) atoms. The number of hydrogen-bond acceptors (Lipinski definition) is 3. The molecule has 0 saturated carbocycles. The SMILES string of the molecule is O=C(NCCCO)c1cc2c(F)cccc2s1. The van der Waals surface area contributed by atoms with Gasteiger partial charge in [-0.3, -0.25) is 4.79 Å². The summed E-state index contributed by atoms with van der Waals surface area (Å²) in [7, 11) is 0. The highest BCUT2D eigenvalue weighted by Gasteiger charge is 2.11. The van der Waals surface area contributed by atoms with E-state index in [0.717, 1.165) is 4.70 Å². The van der Waals surface area contributed by atoms with Crippen molar-refractivity contribution in [3.05, 3.63) is 35.0 Å². The molecule has 90 valence electrons. The number of hydrogen-bond donors (Lipinski definition) is 2.